The number of carboxylic acids is 1. The van der Waals surface area contributed by atoms with Gasteiger partial charge in [0.25, 0.3) is 0 Å². The Labute approximate surface area is 138 Å². The zero-order valence-corrected chi connectivity index (χ0v) is 13.1. The summed E-state index contributed by atoms with van der Waals surface area (Å²) >= 11 is 0. The number of carbonyl (C=O) groups is 1. The maximum absolute atomic E-state index is 11.6. The molecule has 1 atom stereocenters. The largest absolute Gasteiger partial charge is 0.493 e. The van der Waals surface area contributed by atoms with Gasteiger partial charge in [-0.1, -0.05) is 0 Å². The van der Waals surface area contributed by atoms with Crippen LogP contribution in [-0.2, 0) is 24.3 Å². The quantitative estimate of drug-likeness (QED) is 0.867. The third-order valence-electron chi connectivity index (χ3n) is 4.39. The highest BCUT2D eigenvalue weighted by Gasteiger charge is 2.33. The molecule has 2 aliphatic rings. The number of ether oxygens (including phenoxy) is 3. The molecule has 2 aliphatic heterocycles. The van der Waals surface area contributed by atoms with Gasteiger partial charge in [-0.25, -0.2) is 4.98 Å². The van der Waals surface area contributed by atoms with E-state index < -0.39 is 12.0 Å². The SMILES string of the molecule is COc1cc(CN2Cc3[nH]cnc3CC2C(=O)O)cc2c1OCO2. The summed E-state index contributed by atoms with van der Waals surface area (Å²) in [5, 5.41) is 9.56. The third-order valence-corrected chi connectivity index (χ3v) is 4.39. The predicted molar refractivity (Wildman–Crippen MR) is 82.1 cm³/mol. The van der Waals surface area contributed by atoms with Crippen molar-refractivity contribution in [3.05, 3.63) is 35.4 Å². The molecule has 0 spiro atoms. The van der Waals surface area contributed by atoms with E-state index in [9.17, 15) is 9.90 Å². The standard InChI is InChI=1S/C16H17N3O5/c1-22-13-2-9(3-14-15(13)24-8-23-14)5-19-6-11-10(17-7-18-11)4-12(19)16(20)21/h2-3,7,12H,4-6,8H2,1H3,(H,17,18)(H,20,21). The van der Waals surface area contributed by atoms with Crippen LogP contribution in [0.25, 0.3) is 0 Å². The number of imidazole rings is 1. The minimum absolute atomic E-state index is 0.161. The summed E-state index contributed by atoms with van der Waals surface area (Å²) in [6.45, 7) is 1.12. The lowest BCUT2D eigenvalue weighted by molar-refractivity contribution is -0.144. The zero-order chi connectivity index (χ0) is 16.7. The summed E-state index contributed by atoms with van der Waals surface area (Å²) in [4.78, 5) is 20.8. The number of methoxy groups -OCH3 is 1. The second-order valence-corrected chi connectivity index (χ2v) is 5.82. The van der Waals surface area contributed by atoms with E-state index in [0.717, 1.165) is 17.0 Å². The van der Waals surface area contributed by atoms with Crippen molar-refractivity contribution >= 4 is 5.97 Å². The first-order valence-electron chi connectivity index (χ1n) is 7.60. The van der Waals surface area contributed by atoms with Crippen LogP contribution in [0.3, 0.4) is 0 Å². The number of aromatic nitrogens is 2. The average molecular weight is 331 g/mol. The molecule has 0 aliphatic carbocycles. The van der Waals surface area contributed by atoms with Crippen LogP contribution in [0.15, 0.2) is 18.5 Å². The van der Waals surface area contributed by atoms with E-state index in [1.165, 1.54) is 0 Å². The molecule has 3 heterocycles. The Balaban J connectivity index is 1.63. The van der Waals surface area contributed by atoms with Crippen molar-refractivity contribution in [1.29, 1.82) is 0 Å². The van der Waals surface area contributed by atoms with Gasteiger partial charge in [0.05, 0.1) is 24.8 Å². The molecule has 2 aromatic rings. The number of nitrogens with one attached hydrogen (secondary N) is 1. The first-order valence-corrected chi connectivity index (χ1v) is 7.60. The Morgan fingerprint density at radius 2 is 2.38 bits per heavy atom. The van der Waals surface area contributed by atoms with Crippen LogP contribution in [0.2, 0.25) is 0 Å². The summed E-state index contributed by atoms with van der Waals surface area (Å²) in [7, 11) is 1.57. The molecular formula is C16H17N3O5. The molecule has 126 valence electrons. The molecular weight excluding hydrogens is 314 g/mol. The van der Waals surface area contributed by atoms with E-state index in [0.29, 0.717) is 36.8 Å². The van der Waals surface area contributed by atoms with Crippen LogP contribution < -0.4 is 14.2 Å². The lowest BCUT2D eigenvalue weighted by Crippen LogP contribution is -2.45. The minimum Gasteiger partial charge on any atom is -0.493 e. The molecule has 2 N–H and O–H groups in total. The highest BCUT2D eigenvalue weighted by Crippen LogP contribution is 2.42. The Morgan fingerprint density at radius 1 is 1.50 bits per heavy atom. The third kappa shape index (κ3) is 2.44. The van der Waals surface area contributed by atoms with E-state index in [2.05, 4.69) is 9.97 Å². The lowest BCUT2D eigenvalue weighted by atomic mass is 10.0. The molecule has 0 fully saturated rings. The van der Waals surface area contributed by atoms with Gasteiger partial charge in [0.2, 0.25) is 12.5 Å². The maximum Gasteiger partial charge on any atom is 0.321 e. The van der Waals surface area contributed by atoms with E-state index in [4.69, 9.17) is 14.2 Å². The fraction of sp³-hybridized carbons (Fsp3) is 0.375. The van der Waals surface area contributed by atoms with Crippen molar-refractivity contribution in [2.24, 2.45) is 0 Å². The fourth-order valence-corrected chi connectivity index (χ4v) is 3.21. The summed E-state index contributed by atoms with van der Waals surface area (Å²) in [6, 6.07) is 3.11. The Morgan fingerprint density at radius 3 is 3.17 bits per heavy atom. The smallest absolute Gasteiger partial charge is 0.321 e. The number of aromatic amines is 1. The monoisotopic (exact) mass is 331 g/mol. The van der Waals surface area contributed by atoms with Crippen molar-refractivity contribution in [3.8, 4) is 17.2 Å². The zero-order valence-electron chi connectivity index (χ0n) is 13.1. The molecule has 0 saturated heterocycles. The van der Waals surface area contributed by atoms with Crippen molar-refractivity contribution < 1.29 is 24.1 Å². The van der Waals surface area contributed by atoms with Crippen LogP contribution in [0.5, 0.6) is 17.2 Å². The van der Waals surface area contributed by atoms with Gasteiger partial charge in [-0.3, -0.25) is 9.69 Å². The molecule has 1 unspecified atom stereocenters. The van der Waals surface area contributed by atoms with E-state index in [1.54, 1.807) is 13.4 Å². The van der Waals surface area contributed by atoms with E-state index in [1.807, 2.05) is 17.0 Å². The number of benzene rings is 1. The summed E-state index contributed by atoms with van der Waals surface area (Å²) < 4.78 is 16.2. The number of hydrogen-bond acceptors (Lipinski definition) is 6. The van der Waals surface area contributed by atoms with Crippen LogP contribution in [0, 0.1) is 0 Å². The summed E-state index contributed by atoms with van der Waals surface area (Å²) in [5.41, 5.74) is 2.69. The van der Waals surface area contributed by atoms with Gasteiger partial charge < -0.3 is 24.3 Å². The minimum atomic E-state index is -0.851. The predicted octanol–water partition coefficient (Wildman–Crippen LogP) is 1.16. The van der Waals surface area contributed by atoms with Gasteiger partial charge in [0.15, 0.2) is 11.5 Å². The molecule has 1 aromatic carbocycles. The molecule has 0 bridgehead atoms. The van der Waals surface area contributed by atoms with E-state index >= 15 is 0 Å². The van der Waals surface area contributed by atoms with Crippen molar-refractivity contribution in [2.75, 3.05) is 13.9 Å². The van der Waals surface area contributed by atoms with Crippen LogP contribution in [0.4, 0.5) is 0 Å². The van der Waals surface area contributed by atoms with Gasteiger partial charge >= 0.3 is 5.97 Å². The van der Waals surface area contributed by atoms with Crippen molar-refractivity contribution in [3.63, 3.8) is 0 Å². The second kappa shape index (κ2) is 5.72. The normalized spacial score (nSPS) is 19.1. The van der Waals surface area contributed by atoms with Crippen molar-refractivity contribution in [1.82, 2.24) is 14.9 Å². The molecule has 8 heteroatoms. The van der Waals surface area contributed by atoms with Gasteiger partial charge in [-0.05, 0) is 17.7 Å². The molecule has 1 aromatic heterocycles. The first-order chi connectivity index (χ1) is 11.7. The van der Waals surface area contributed by atoms with Gasteiger partial charge in [0.1, 0.15) is 6.04 Å². The van der Waals surface area contributed by atoms with Crippen LogP contribution in [0.1, 0.15) is 17.0 Å². The summed E-state index contributed by atoms with van der Waals surface area (Å²) in [6.07, 6.45) is 1.99. The van der Waals surface area contributed by atoms with Gasteiger partial charge in [-0.15, -0.1) is 0 Å². The molecule has 0 radical (unpaired) electrons. The average Bonchev–Trinajstić information content (AvgIpc) is 3.21. The number of fused-ring (bicyclic) bond motifs is 2. The second-order valence-electron chi connectivity index (χ2n) is 5.82. The van der Waals surface area contributed by atoms with Crippen LogP contribution >= 0.6 is 0 Å². The first kappa shape index (κ1) is 14.8. The highest BCUT2D eigenvalue weighted by molar-refractivity contribution is 5.74. The number of nitrogens with zero attached hydrogens (tertiary/aromatic N) is 2. The van der Waals surface area contributed by atoms with Crippen molar-refractivity contribution in [2.45, 2.75) is 25.6 Å². The number of aliphatic carboxylic acids is 1. The molecule has 0 saturated carbocycles. The Hall–Kier alpha value is -2.74. The number of H-pyrrole nitrogens is 1. The Kier molecular flexibility index (Phi) is 3.53. The van der Waals surface area contributed by atoms with Gasteiger partial charge in [-0.2, -0.15) is 0 Å². The fourth-order valence-electron chi connectivity index (χ4n) is 3.21. The number of rotatable bonds is 4. The van der Waals surface area contributed by atoms with Crippen LogP contribution in [-0.4, -0.2) is 45.9 Å². The molecule has 8 nitrogen and oxygen atoms in total. The molecule has 24 heavy (non-hydrogen) atoms. The Bertz CT molecular complexity index is 788. The van der Waals surface area contributed by atoms with Gasteiger partial charge in [0, 0.05) is 19.5 Å². The van der Waals surface area contributed by atoms with E-state index in [-0.39, 0.29) is 6.79 Å². The lowest BCUT2D eigenvalue weighted by Gasteiger charge is -2.32. The maximum atomic E-state index is 11.6. The molecule has 4 rings (SSSR count). The summed E-state index contributed by atoms with van der Waals surface area (Å²) in [5.74, 6) is 0.948. The molecule has 0 amide bonds. The highest BCUT2D eigenvalue weighted by atomic mass is 16.7. The topological polar surface area (TPSA) is 96.9 Å². The number of hydrogen-bond donors (Lipinski definition) is 2. The number of carboxylic acid groups (broad SMARTS) is 1.